The predicted molar refractivity (Wildman–Crippen MR) is 86.8 cm³/mol. The zero-order chi connectivity index (χ0) is 16.1. The van der Waals surface area contributed by atoms with E-state index < -0.39 is 0 Å². The monoisotopic (exact) mass is 324 g/mol. The van der Waals surface area contributed by atoms with Crippen LogP contribution in [0.4, 0.5) is 4.79 Å². The molecular weight excluding hydrogens is 300 g/mol. The fourth-order valence-electron chi connectivity index (χ4n) is 2.81. The van der Waals surface area contributed by atoms with E-state index in [2.05, 4.69) is 24.4 Å². The van der Waals surface area contributed by atoms with Gasteiger partial charge in [-0.15, -0.1) is 11.3 Å². The van der Waals surface area contributed by atoms with Crippen molar-refractivity contribution in [3.8, 4) is 0 Å². The first-order valence-electron chi connectivity index (χ1n) is 7.73. The number of ether oxygens (including phenoxy) is 1. The van der Waals surface area contributed by atoms with Crippen LogP contribution >= 0.6 is 11.3 Å². The van der Waals surface area contributed by atoms with Gasteiger partial charge in [-0.2, -0.15) is 0 Å². The smallest absolute Gasteiger partial charge is 0.317 e. The first-order valence-corrected chi connectivity index (χ1v) is 8.55. The standard InChI is InChI=1S/C16H24N2O3S/c1-4-12-5-6-13(22-12)9-17-16(20)18-8-7-14(11(2)10-18)15(19)21-3/h5-6,11,14H,4,7-10H2,1-3H3,(H,17,20). The second kappa shape index (κ2) is 7.63. The van der Waals surface area contributed by atoms with Crippen LogP contribution in [0.3, 0.4) is 0 Å². The highest BCUT2D eigenvalue weighted by atomic mass is 32.1. The second-order valence-corrected chi connectivity index (χ2v) is 6.97. The molecule has 1 aliphatic rings. The van der Waals surface area contributed by atoms with E-state index in [0.29, 0.717) is 26.1 Å². The maximum absolute atomic E-state index is 12.2. The lowest BCUT2D eigenvalue weighted by atomic mass is 9.87. The molecule has 1 aliphatic heterocycles. The van der Waals surface area contributed by atoms with Gasteiger partial charge in [0.25, 0.3) is 0 Å². The first kappa shape index (κ1) is 16.8. The van der Waals surface area contributed by atoms with Crippen molar-refractivity contribution in [3.05, 3.63) is 21.9 Å². The average molecular weight is 324 g/mol. The average Bonchev–Trinajstić information content (AvgIpc) is 2.99. The number of rotatable bonds is 4. The van der Waals surface area contributed by atoms with E-state index in [1.165, 1.54) is 16.9 Å². The Hall–Kier alpha value is -1.56. The Morgan fingerprint density at radius 1 is 1.41 bits per heavy atom. The van der Waals surface area contributed by atoms with Gasteiger partial charge in [-0.3, -0.25) is 4.79 Å². The molecule has 0 aromatic carbocycles. The molecule has 6 heteroatoms. The van der Waals surface area contributed by atoms with Gasteiger partial charge in [-0.25, -0.2) is 4.79 Å². The summed E-state index contributed by atoms with van der Waals surface area (Å²) in [5.41, 5.74) is 0. The highest BCUT2D eigenvalue weighted by Gasteiger charge is 2.33. The Labute approximate surface area is 135 Å². The number of hydrogen-bond donors (Lipinski definition) is 1. The van der Waals surface area contributed by atoms with Crippen molar-refractivity contribution in [2.75, 3.05) is 20.2 Å². The summed E-state index contributed by atoms with van der Waals surface area (Å²) in [6.45, 7) is 5.88. The zero-order valence-electron chi connectivity index (χ0n) is 13.4. The fourth-order valence-corrected chi connectivity index (χ4v) is 3.71. The number of piperidine rings is 1. The fraction of sp³-hybridized carbons (Fsp3) is 0.625. The predicted octanol–water partition coefficient (Wildman–Crippen LogP) is 2.65. The van der Waals surface area contributed by atoms with Crippen LogP contribution in [0.2, 0.25) is 0 Å². The summed E-state index contributed by atoms with van der Waals surface area (Å²) in [5, 5.41) is 2.97. The van der Waals surface area contributed by atoms with E-state index >= 15 is 0 Å². The molecular formula is C16H24N2O3S. The van der Waals surface area contributed by atoms with Crippen LogP contribution in [0.25, 0.3) is 0 Å². The number of aryl methyl sites for hydroxylation is 1. The highest BCUT2D eigenvalue weighted by Crippen LogP contribution is 2.24. The van der Waals surface area contributed by atoms with E-state index in [1.54, 1.807) is 16.2 Å². The molecule has 122 valence electrons. The molecule has 2 heterocycles. The van der Waals surface area contributed by atoms with Crippen molar-refractivity contribution in [2.24, 2.45) is 11.8 Å². The van der Waals surface area contributed by atoms with Crippen LogP contribution in [0.1, 0.15) is 30.0 Å². The van der Waals surface area contributed by atoms with E-state index in [9.17, 15) is 9.59 Å². The zero-order valence-corrected chi connectivity index (χ0v) is 14.2. The number of nitrogens with one attached hydrogen (secondary N) is 1. The first-order chi connectivity index (χ1) is 10.5. The largest absolute Gasteiger partial charge is 0.469 e. The highest BCUT2D eigenvalue weighted by molar-refractivity contribution is 7.11. The summed E-state index contributed by atoms with van der Waals surface area (Å²) in [6.07, 6.45) is 1.69. The summed E-state index contributed by atoms with van der Waals surface area (Å²) in [5.74, 6) is -0.142. The van der Waals surface area contributed by atoms with Gasteiger partial charge in [-0.1, -0.05) is 13.8 Å². The number of thiophene rings is 1. The molecule has 0 bridgehead atoms. The number of methoxy groups -OCH3 is 1. The van der Waals surface area contributed by atoms with Crippen molar-refractivity contribution in [3.63, 3.8) is 0 Å². The summed E-state index contributed by atoms with van der Waals surface area (Å²) < 4.78 is 4.82. The maximum atomic E-state index is 12.2. The molecule has 2 rings (SSSR count). The summed E-state index contributed by atoms with van der Waals surface area (Å²) in [7, 11) is 1.42. The molecule has 5 nitrogen and oxygen atoms in total. The van der Waals surface area contributed by atoms with Gasteiger partial charge in [0.1, 0.15) is 0 Å². The van der Waals surface area contributed by atoms with Gasteiger partial charge in [-0.05, 0) is 30.9 Å². The van der Waals surface area contributed by atoms with E-state index in [1.807, 2.05) is 6.92 Å². The third kappa shape index (κ3) is 4.00. The van der Waals surface area contributed by atoms with E-state index in [-0.39, 0.29) is 23.8 Å². The van der Waals surface area contributed by atoms with Crippen LogP contribution in [0, 0.1) is 11.8 Å². The number of nitrogens with zero attached hydrogens (tertiary/aromatic N) is 1. The molecule has 0 aliphatic carbocycles. The van der Waals surface area contributed by atoms with Gasteiger partial charge >= 0.3 is 12.0 Å². The van der Waals surface area contributed by atoms with E-state index in [0.717, 1.165) is 6.42 Å². The number of likely N-dealkylation sites (tertiary alicyclic amines) is 1. The van der Waals surface area contributed by atoms with Gasteiger partial charge in [0.15, 0.2) is 0 Å². The molecule has 2 unspecified atom stereocenters. The topological polar surface area (TPSA) is 58.6 Å². The molecule has 22 heavy (non-hydrogen) atoms. The normalized spacial score (nSPS) is 21.5. The number of amides is 2. The molecule has 1 aromatic rings. The molecule has 2 amide bonds. The molecule has 0 radical (unpaired) electrons. The van der Waals surface area contributed by atoms with Crippen molar-refractivity contribution in [1.29, 1.82) is 0 Å². The van der Waals surface area contributed by atoms with Crippen molar-refractivity contribution >= 4 is 23.3 Å². The van der Waals surface area contributed by atoms with Crippen molar-refractivity contribution < 1.29 is 14.3 Å². The lowest BCUT2D eigenvalue weighted by Crippen LogP contribution is -2.48. The Balaban J connectivity index is 1.82. The van der Waals surface area contributed by atoms with Crippen LogP contribution in [-0.4, -0.2) is 37.1 Å². The number of hydrogen-bond acceptors (Lipinski definition) is 4. The van der Waals surface area contributed by atoms with Gasteiger partial charge in [0.2, 0.25) is 0 Å². The molecule has 2 atom stereocenters. The van der Waals surface area contributed by atoms with Crippen molar-refractivity contribution in [1.82, 2.24) is 10.2 Å². The lowest BCUT2D eigenvalue weighted by Gasteiger charge is -2.35. The molecule has 0 saturated carbocycles. The maximum Gasteiger partial charge on any atom is 0.317 e. The molecule has 1 N–H and O–H groups in total. The Kier molecular flexibility index (Phi) is 5.83. The quantitative estimate of drug-likeness (QED) is 0.866. The molecule has 1 aromatic heterocycles. The summed E-state index contributed by atoms with van der Waals surface area (Å²) >= 11 is 1.73. The molecule has 1 fully saturated rings. The Morgan fingerprint density at radius 2 is 2.14 bits per heavy atom. The number of carbonyl (C=O) groups excluding carboxylic acids is 2. The number of urea groups is 1. The minimum atomic E-state index is -0.168. The van der Waals surface area contributed by atoms with E-state index in [4.69, 9.17) is 4.74 Å². The lowest BCUT2D eigenvalue weighted by molar-refractivity contribution is -0.148. The minimum absolute atomic E-state index is 0.0541. The third-order valence-corrected chi connectivity index (χ3v) is 5.41. The molecule has 0 spiro atoms. The van der Waals surface area contributed by atoms with Crippen LogP contribution < -0.4 is 5.32 Å². The Morgan fingerprint density at radius 3 is 2.73 bits per heavy atom. The SMILES string of the molecule is CCc1ccc(CNC(=O)N2CCC(C(=O)OC)C(C)C2)s1. The van der Waals surface area contributed by atoms with Gasteiger partial charge in [0.05, 0.1) is 19.6 Å². The van der Waals surface area contributed by atoms with Crippen molar-refractivity contribution in [2.45, 2.75) is 33.2 Å². The van der Waals surface area contributed by atoms with Gasteiger partial charge in [0, 0.05) is 22.8 Å². The molecule has 1 saturated heterocycles. The summed E-state index contributed by atoms with van der Waals surface area (Å²) in [6, 6.07) is 4.12. The Bertz CT molecular complexity index is 529. The van der Waals surface area contributed by atoms with Crippen LogP contribution in [-0.2, 0) is 22.5 Å². The van der Waals surface area contributed by atoms with Crippen LogP contribution in [0.5, 0.6) is 0 Å². The minimum Gasteiger partial charge on any atom is -0.469 e. The number of carbonyl (C=O) groups is 2. The van der Waals surface area contributed by atoms with Gasteiger partial charge < -0.3 is 15.0 Å². The summed E-state index contributed by atoms with van der Waals surface area (Å²) in [4.78, 5) is 28.2. The van der Waals surface area contributed by atoms with Crippen LogP contribution in [0.15, 0.2) is 12.1 Å². The third-order valence-electron chi connectivity index (χ3n) is 4.18. The second-order valence-electron chi connectivity index (χ2n) is 5.72. The number of esters is 1.